The molecule has 7 heteroatoms. The zero-order valence-electron chi connectivity index (χ0n) is 11.1. The molecular formula is C12H16BrN3O3. The molecule has 0 aliphatic carbocycles. The van der Waals surface area contributed by atoms with Crippen molar-refractivity contribution >= 4 is 22.0 Å². The fourth-order valence-corrected chi connectivity index (χ4v) is 1.78. The van der Waals surface area contributed by atoms with Crippen LogP contribution in [0.4, 0.5) is 4.79 Å². The van der Waals surface area contributed by atoms with Crippen LogP contribution in [-0.4, -0.2) is 45.8 Å². The predicted molar refractivity (Wildman–Crippen MR) is 72.0 cm³/mol. The van der Waals surface area contributed by atoms with Crippen LogP contribution in [0.25, 0.3) is 0 Å². The van der Waals surface area contributed by atoms with E-state index in [1.54, 1.807) is 17.2 Å². The molecule has 1 aliphatic heterocycles. The van der Waals surface area contributed by atoms with Crippen molar-refractivity contribution in [2.45, 2.75) is 32.5 Å². The van der Waals surface area contributed by atoms with Crippen LogP contribution in [0.1, 0.15) is 20.8 Å². The van der Waals surface area contributed by atoms with E-state index < -0.39 is 5.60 Å². The van der Waals surface area contributed by atoms with Crippen molar-refractivity contribution in [1.29, 1.82) is 0 Å². The van der Waals surface area contributed by atoms with Crippen molar-refractivity contribution in [3.63, 3.8) is 0 Å². The van der Waals surface area contributed by atoms with E-state index in [2.05, 4.69) is 25.9 Å². The summed E-state index contributed by atoms with van der Waals surface area (Å²) in [4.78, 5) is 21.4. The average Bonchev–Trinajstić information content (AvgIpc) is 2.20. The molecule has 2 heterocycles. The second-order valence-corrected chi connectivity index (χ2v) is 6.10. The van der Waals surface area contributed by atoms with Gasteiger partial charge in [0.05, 0.1) is 13.1 Å². The highest BCUT2D eigenvalue weighted by Crippen LogP contribution is 2.19. The summed E-state index contributed by atoms with van der Waals surface area (Å²) in [5, 5.41) is 0. The minimum absolute atomic E-state index is 0.0816. The highest BCUT2D eigenvalue weighted by molar-refractivity contribution is 9.10. The van der Waals surface area contributed by atoms with Crippen LogP contribution < -0.4 is 4.74 Å². The molecule has 0 spiro atoms. The molecule has 104 valence electrons. The van der Waals surface area contributed by atoms with Crippen molar-refractivity contribution in [3.05, 3.63) is 16.9 Å². The van der Waals surface area contributed by atoms with Crippen LogP contribution in [0.5, 0.6) is 6.01 Å². The monoisotopic (exact) mass is 329 g/mol. The molecule has 2 rings (SSSR count). The quantitative estimate of drug-likeness (QED) is 0.778. The molecule has 19 heavy (non-hydrogen) atoms. The summed E-state index contributed by atoms with van der Waals surface area (Å²) in [6, 6.07) is 2.03. The van der Waals surface area contributed by atoms with Gasteiger partial charge in [-0.1, -0.05) is 0 Å². The Bertz CT molecular complexity index is 470. The van der Waals surface area contributed by atoms with E-state index >= 15 is 0 Å². The summed E-state index contributed by atoms with van der Waals surface area (Å²) < 4.78 is 11.5. The normalized spacial score (nSPS) is 15.9. The molecule has 0 saturated carbocycles. The largest absolute Gasteiger partial charge is 0.456 e. The Labute approximate surface area is 120 Å². The minimum atomic E-state index is -0.476. The Morgan fingerprint density at radius 3 is 2.74 bits per heavy atom. The van der Waals surface area contributed by atoms with Gasteiger partial charge >= 0.3 is 12.1 Å². The van der Waals surface area contributed by atoms with E-state index in [9.17, 15) is 4.79 Å². The molecule has 1 aromatic rings. The lowest BCUT2D eigenvalue weighted by Gasteiger charge is -2.38. The van der Waals surface area contributed by atoms with Crippen LogP contribution in [0.15, 0.2) is 16.9 Å². The predicted octanol–water partition coefficient (Wildman–Crippen LogP) is 2.24. The van der Waals surface area contributed by atoms with E-state index in [0.29, 0.717) is 23.7 Å². The highest BCUT2D eigenvalue weighted by Gasteiger charge is 2.35. The van der Waals surface area contributed by atoms with Crippen LogP contribution in [0.3, 0.4) is 0 Å². The van der Waals surface area contributed by atoms with Crippen LogP contribution in [0.2, 0.25) is 0 Å². The number of rotatable bonds is 2. The second kappa shape index (κ2) is 5.32. The number of amides is 1. The van der Waals surface area contributed by atoms with E-state index in [-0.39, 0.29) is 12.2 Å². The fourth-order valence-electron chi connectivity index (χ4n) is 1.51. The maximum absolute atomic E-state index is 11.7. The summed E-state index contributed by atoms with van der Waals surface area (Å²) in [5.74, 6) is 0. The molecule has 1 aliphatic rings. The molecule has 0 radical (unpaired) electrons. The molecule has 0 N–H and O–H groups in total. The number of halogens is 1. The first-order chi connectivity index (χ1) is 8.83. The van der Waals surface area contributed by atoms with Gasteiger partial charge in [0.1, 0.15) is 16.3 Å². The Hall–Kier alpha value is -1.37. The van der Waals surface area contributed by atoms with Gasteiger partial charge in [-0.3, -0.25) is 0 Å². The van der Waals surface area contributed by atoms with Crippen LogP contribution in [-0.2, 0) is 4.74 Å². The molecular weight excluding hydrogens is 314 g/mol. The van der Waals surface area contributed by atoms with Gasteiger partial charge in [0.2, 0.25) is 0 Å². The number of aromatic nitrogens is 2. The topological polar surface area (TPSA) is 64.5 Å². The number of hydrogen-bond donors (Lipinski definition) is 0. The third kappa shape index (κ3) is 4.05. The first kappa shape index (κ1) is 14.0. The lowest BCUT2D eigenvalue weighted by molar-refractivity contribution is -0.0244. The molecule has 1 saturated heterocycles. The molecule has 1 fully saturated rings. The fraction of sp³-hybridized carbons (Fsp3) is 0.583. The Morgan fingerprint density at radius 1 is 1.47 bits per heavy atom. The summed E-state index contributed by atoms with van der Waals surface area (Å²) in [5.41, 5.74) is -0.476. The first-order valence-electron chi connectivity index (χ1n) is 5.96. The molecule has 0 bridgehead atoms. The Morgan fingerprint density at radius 2 is 2.16 bits per heavy atom. The van der Waals surface area contributed by atoms with Gasteiger partial charge in [-0.15, -0.1) is 0 Å². The zero-order chi connectivity index (χ0) is 14.0. The first-order valence-corrected chi connectivity index (χ1v) is 6.76. The summed E-state index contributed by atoms with van der Waals surface area (Å²) in [7, 11) is 0. The minimum Gasteiger partial charge on any atom is -0.456 e. The van der Waals surface area contributed by atoms with Gasteiger partial charge in [-0.05, 0) is 42.8 Å². The maximum Gasteiger partial charge on any atom is 0.410 e. The Balaban J connectivity index is 1.79. The number of carbonyl (C=O) groups is 1. The summed E-state index contributed by atoms with van der Waals surface area (Å²) in [6.07, 6.45) is 1.21. The third-order valence-electron chi connectivity index (χ3n) is 2.37. The smallest absolute Gasteiger partial charge is 0.410 e. The molecule has 0 atom stereocenters. The lowest BCUT2D eigenvalue weighted by Crippen LogP contribution is -2.57. The van der Waals surface area contributed by atoms with Gasteiger partial charge in [0, 0.05) is 6.20 Å². The van der Waals surface area contributed by atoms with Crippen molar-refractivity contribution < 1.29 is 14.3 Å². The standard InChI is InChI=1S/C12H16BrN3O3/c1-12(2,3)19-11(17)16-6-8(7-16)18-10-14-5-4-9(13)15-10/h4-5,8H,6-7H2,1-3H3. The zero-order valence-corrected chi connectivity index (χ0v) is 12.7. The van der Waals surface area contributed by atoms with Gasteiger partial charge in [-0.25, -0.2) is 9.78 Å². The van der Waals surface area contributed by atoms with E-state index in [0.717, 1.165) is 0 Å². The van der Waals surface area contributed by atoms with Crippen molar-refractivity contribution in [2.24, 2.45) is 0 Å². The number of ether oxygens (including phenoxy) is 2. The van der Waals surface area contributed by atoms with Crippen LogP contribution >= 0.6 is 15.9 Å². The molecule has 0 aromatic carbocycles. The second-order valence-electron chi connectivity index (χ2n) is 5.29. The van der Waals surface area contributed by atoms with Gasteiger partial charge < -0.3 is 14.4 Å². The molecule has 1 aromatic heterocycles. The van der Waals surface area contributed by atoms with E-state index in [1.165, 1.54) is 0 Å². The van der Waals surface area contributed by atoms with Gasteiger partial charge in [-0.2, -0.15) is 4.98 Å². The highest BCUT2D eigenvalue weighted by atomic mass is 79.9. The summed E-state index contributed by atoms with van der Waals surface area (Å²) in [6.45, 7) is 6.51. The molecule has 6 nitrogen and oxygen atoms in total. The third-order valence-corrected chi connectivity index (χ3v) is 2.81. The van der Waals surface area contributed by atoms with E-state index in [4.69, 9.17) is 9.47 Å². The Kier molecular flexibility index (Phi) is 3.93. The van der Waals surface area contributed by atoms with E-state index in [1.807, 2.05) is 20.8 Å². The molecule has 1 amide bonds. The maximum atomic E-state index is 11.7. The number of carbonyl (C=O) groups excluding carboxylic acids is 1. The van der Waals surface area contributed by atoms with Gasteiger partial charge in [0.25, 0.3) is 0 Å². The number of likely N-dealkylation sites (tertiary alicyclic amines) is 1. The molecule has 0 unspecified atom stereocenters. The lowest BCUT2D eigenvalue weighted by atomic mass is 10.2. The summed E-state index contributed by atoms with van der Waals surface area (Å²) >= 11 is 3.24. The van der Waals surface area contributed by atoms with Crippen molar-refractivity contribution in [2.75, 3.05) is 13.1 Å². The van der Waals surface area contributed by atoms with Crippen LogP contribution in [0, 0.1) is 0 Å². The van der Waals surface area contributed by atoms with Gasteiger partial charge in [0.15, 0.2) is 0 Å². The number of nitrogens with zero attached hydrogens (tertiary/aromatic N) is 3. The number of hydrogen-bond acceptors (Lipinski definition) is 5. The SMILES string of the molecule is CC(C)(C)OC(=O)N1CC(Oc2nccc(Br)n2)C1. The van der Waals surface area contributed by atoms with Crippen molar-refractivity contribution in [1.82, 2.24) is 14.9 Å². The van der Waals surface area contributed by atoms with Crippen molar-refractivity contribution in [3.8, 4) is 6.01 Å². The average molecular weight is 330 g/mol.